The van der Waals surface area contributed by atoms with Crippen LogP contribution in [0, 0.1) is 0 Å². The first-order chi connectivity index (χ1) is 14.6. The zero-order valence-corrected chi connectivity index (χ0v) is 19.6. The minimum absolute atomic E-state index is 0. The van der Waals surface area contributed by atoms with E-state index in [-0.39, 0.29) is 18.3 Å². The molecular weight excluding hydrogens is 453 g/mol. The van der Waals surface area contributed by atoms with Crippen LogP contribution >= 0.6 is 35.5 Å². The summed E-state index contributed by atoms with van der Waals surface area (Å²) in [5.41, 5.74) is 6.65. The van der Waals surface area contributed by atoms with Gasteiger partial charge < -0.3 is 16.0 Å². The van der Waals surface area contributed by atoms with Gasteiger partial charge in [-0.25, -0.2) is 0 Å². The highest BCUT2D eigenvalue weighted by Gasteiger charge is 2.20. The Labute approximate surface area is 197 Å². The normalized spacial score (nSPS) is 14.4. The van der Waals surface area contributed by atoms with Crippen LogP contribution in [-0.2, 0) is 0 Å². The Morgan fingerprint density at radius 2 is 1.87 bits per heavy atom. The van der Waals surface area contributed by atoms with E-state index in [9.17, 15) is 4.79 Å². The van der Waals surface area contributed by atoms with Crippen LogP contribution < -0.4 is 16.0 Å². The SMILES string of the molecule is Cl.Nc1c(Cl)cccc1C(=O)NCCCCN1CCN(c2nsc3ccccc23)CC1. The molecule has 1 amide bonds. The summed E-state index contributed by atoms with van der Waals surface area (Å²) in [6.07, 6.45) is 1.98. The van der Waals surface area contributed by atoms with E-state index in [4.69, 9.17) is 17.3 Å². The Hall–Kier alpha value is -2.06. The molecule has 2 heterocycles. The number of nitrogens with two attached hydrogens (primary N) is 1. The molecule has 31 heavy (non-hydrogen) atoms. The molecule has 1 aliphatic rings. The van der Waals surface area contributed by atoms with Crippen LogP contribution in [-0.4, -0.2) is 54.4 Å². The van der Waals surface area contributed by atoms with E-state index < -0.39 is 0 Å². The predicted octanol–water partition coefficient (Wildman–Crippen LogP) is 4.29. The van der Waals surface area contributed by atoms with Gasteiger partial charge in [0.25, 0.3) is 5.91 Å². The molecule has 1 fully saturated rings. The van der Waals surface area contributed by atoms with Crippen molar-refractivity contribution < 1.29 is 4.79 Å². The Balaban J connectivity index is 0.00000272. The van der Waals surface area contributed by atoms with Crippen molar-refractivity contribution in [2.45, 2.75) is 12.8 Å². The fourth-order valence-electron chi connectivity index (χ4n) is 3.78. The average Bonchev–Trinajstić information content (AvgIpc) is 3.20. The first kappa shape index (κ1) is 23.6. The highest BCUT2D eigenvalue weighted by Crippen LogP contribution is 2.29. The number of nitrogens with zero attached hydrogens (tertiary/aromatic N) is 3. The van der Waals surface area contributed by atoms with Crippen molar-refractivity contribution in [2.24, 2.45) is 0 Å². The fourth-order valence-corrected chi connectivity index (χ4v) is 4.75. The average molecular weight is 480 g/mol. The van der Waals surface area contributed by atoms with Crippen molar-refractivity contribution >= 4 is 63.0 Å². The number of para-hydroxylation sites is 1. The summed E-state index contributed by atoms with van der Waals surface area (Å²) in [6, 6.07) is 13.6. The van der Waals surface area contributed by atoms with Gasteiger partial charge in [-0.05, 0) is 55.2 Å². The van der Waals surface area contributed by atoms with Crippen LogP contribution in [0.3, 0.4) is 0 Å². The number of rotatable bonds is 7. The van der Waals surface area contributed by atoms with E-state index in [0.29, 0.717) is 22.8 Å². The topological polar surface area (TPSA) is 74.5 Å². The van der Waals surface area contributed by atoms with Crippen LogP contribution in [0.4, 0.5) is 11.5 Å². The standard InChI is InChI=1S/C22H26ClN5OS.ClH/c23-18-8-5-7-17(20(18)24)22(29)25-10-3-4-11-27-12-14-28(15-13-27)21-16-6-1-2-9-19(16)30-26-21;/h1-2,5-9H,3-4,10-15,24H2,(H,25,29);1H. The third-order valence-corrected chi connectivity index (χ3v) is 6.66. The first-order valence-electron chi connectivity index (χ1n) is 10.3. The lowest BCUT2D eigenvalue weighted by Gasteiger charge is -2.35. The lowest BCUT2D eigenvalue weighted by Crippen LogP contribution is -2.46. The van der Waals surface area contributed by atoms with Crippen molar-refractivity contribution in [1.29, 1.82) is 0 Å². The number of nitrogen functional groups attached to an aromatic ring is 1. The minimum Gasteiger partial charge on any atom is -0.397 e. The number of hydrogen-bond acceptors (Lipinski definition) is 6. The Kier molecular flexibility index (Phi) is 8.37. The third-order valence-electron chi connectivity index (χ3n) is 5.51. The molecule has 0 unspecified atom stereocenters. The largest absolute Gasteiger partial charge is 0.397 e. The Morgan fingerprint density at radius 1 is 1.10 bits per heavy atom. The number of benzene rings is 2. The lowest BCUT2D eigenvalue weighted by molar-refractivity contribution is 0.0953. The second-order valence-electron chi connectivity index (χ2n) is 7.50. The summed E-state index contributed by atoms with van der Waals surface area (Å²) < 4.78 is 5.92. The monoisotopic (exact) mass is 479 g/mol. The van der Waals surface area contributed by atoms with Gasteiger partial charge in [0.1, 0.15) is 5.82 Å². The zero-order valence-electron chi connectivity index (χ0n) is 17.2. The summed E-state index contributed by atoms with van der Waals surface area (Å²) in [4.78, 5) is 17.1. The van der Waals surface area contributed by atoms with Crippen molar-refractivity contribution in [3.8, 4) is 0 Å². The first-order valence-corrected chi connectivity index (χ1v) is 11.4. The van der Waals surface area contributed by atoms with Gasteiger partial charge in [-0.2, -0.15) is 4.37 Å². The molecule has 1 saturated heterocycles. The van der Waals surface area contributed by atoms with Crippen molar-refractivity contribution in [3.63, 3.8) is 0 Å². The number of carbonyl (C=O) groups is 1. The minimum atomic E-state index is -0.167. The molecule has 0 aliphatic carbocycles. The molecule has 0 atom stereocenters. The van der Waals surface area contributed by atoms with Gasteiger partial charge in [-0.1, -0.05) is 29.8 Å². The number of anilines is 2. The highest BCUT2D eigenvalue weighted by atomic mass is 35.5. The number of hydrogen-bond donors (Lipinski definition) is 2. The van der Waals surface area contributed by atoms with E-state index in [1.807, 2.05) is 0 Å². The molecule has 1 aliphatic heterocycles. The maximum Gasteiger partial charge on any atom is 0.253 e. The molecule has 0 spiro atoms. The Bertz CT molecular complexity index is 1020. The number of aromatic nitrogens is 1. The van der Waals surface area contributed by atoms with E-state index in [0.717, 1.165) is 51.4 Å². The van der Waals surface area contributed by atoms with E-state index in [2.05, 4.69) is 43.8 Å². The molecule has 0 bridgehead atoms. The molecule has 3 N–H and O–H groups in total. The van der Waals surface area contributed by atoms with E-state index >= 15 is 0 Å². The molecule has 1 aromatic heterocycles. The molecular formula is C22H27Cl2N5OS. The molecule has 166 valence electrons. The summed E-state index contributed by atoms with van der Waals surface area (Å²) >= 11 is 7.56. The quantitative estimate of drug-likeness (QED) is 0.390. The fraction of sp³-hybridized carbons (Fsp3) is 0.364. The smallest absolute Gasteiger partial charge is 0.253 e. The zero-order chi connectivity index (χ0) is 20.9. The Morgan fingerprint density at radius 3 is 2.68 bits per heavy atom. The van der Waals surface area contributed by atoms with Crippen LogP contribution in [0.2, 0.25) is 5.02 Å². The molecule has 2 aromatic carbocycles. The molecule has 4 rings (SSSR count). The van der Waals surface area contributed by atoms with Crippen LogP contribution in [0.1, 0.15) is 23.2 Å². The van der Waals surface area contributed by atoms with Gasteiger partial charge in [0.05, 0.1) is 21.0 Å². The van der Waals surface area contributed by atoms with Crippen molar-refractivity contribution in [2.75, 3.05) is 49.9 Å². The van der Waals surface area contributed by atoms with Crippen LogP contribution in [0.15, 0.2) is 42.5 Å². The number of piperazine rings is 1. The lowest BCUT2D eigenvalue weighted by atomic mass is 10.1. The number of unbranched alkanes of at least 4 members (excludes halogenated alkanes) is 1. The highest BCUT2D eigenvalue weighted by molar-refractivity contribution is 7.13. The second-order valence-corrected chi connectivity index (χ2v) is 8.71. The van der Waals surface area contributed by atoms with Gasteiger partial charge in [0, 0.05) is 38.1 Å². The van der Waals surface area contributed by atoms with Crippen molar-refractivity contribution in [3.05, 3.63) is 53.1 Å². The number of nitrogens with one attached hydrogen (secondary N) is 1. The maximum atomic E-state index is 12.3. The second kappa shape index (κ2) is 11.0. The third kappa shape index (κ3) is 5.60. The molecule has 0 radical (unpaired) electrons. The van der Waals surface area contributed by atoms with Gasteiger partial charge in [-0.3, -0.25) is 9.69 Å². The molecule has 0 saturated carbocycles. The maximum absolute atomic E-state index is 12.3. The van der Waals surface area contributed by atoms with Gasteiger partial charge in [-0.15, -0.1) is 12.4 Å². The van der Waals surface area contributed by atoms with E-state index in [1.165, 1.54) is 10.1 Å². The van der Waals surface area contributed by atoms with Gasteiger partial charge >= 0.3 is 0 Å². The number of amides is 1. The number of fused-ring (bicyclic) bond motifs is 1. The van der Waals surface area contributed by atoms with Crippen molar-refractivity contribution in [1.82, 2.24) is 14.6 Å². The summed E-state index contributed by atoms with van der Waals surface area (Å²) in [7, 11) is 0. The summed E-state index contributed by atoms with van der Waals surface area (Å²) in [6.45, 7) is 5.75. The van der Waals surface area contributed by atoms with Gasteiger partial charge in [0.2, 0.25) is 0 Å². The molecule has 6 nitrogen and oxygen atoms in total. The van der Waals surface area contributed by atoms with Crippen LogP contribution in [0.25, 0.3) is 10.1 Å². The van der Waals surface area contributed by atoms with Gasteiger partial charge in [0.15, 0.2) is 0 Å². The molecule has 3 aromatic rings. The predicted molar refractivity (Wildman–Crippen MR) is 133 cm³/mol. The molecule has 9 heteroatoms. The van der Waals surface area contributed by atoms with Crippen LogP contribution in [0.5, 0.6) is 0 Å². The van der Waals surface area contributed by atoms with E-state index in [1.54, 1.807) is 29.7 Å². The number of carbonyl (C=O) groups excluding carboxylic acids is 1. The number of halogens is 2. The summed E-state index contributed by atoms with van der Waals surface area (Å²) in [5.74, 6) is 0.956. The summed E-state index contributed by atoms with van der Waals surface area (Å²) in [5, 5.41) is 4.60.